The molecule has 0 fully saturated rings. The first-order chi connectivity index (χ1) is 5.79. The van der Waals surface area contributed by atoms with Crippen LogP contribution in [-0.4, -0.2) is 22.3 Å². The van der Waals surface area contributed by atoms with Gasteiger partial charge in [0.25, 0.3) is 0 Å². The zero-order valence-corrected chi connectivity index (χ0v) is 6.37. The number of aromatic nitrogens is 2. The number of nitrogen functional groups attached to an aromatic ring is 1. The SMILES string of the molecule is Nc1ncnc2c1C(=O)CCN2. The highest BCUT2D eigenvalue weighted by Crippen LogP contribution is 2.22. The van der Waals surface area contributed by atoms with E-state index in [4.69, 9.17) is 5.73 Å². The molecule has 0 atom stereocenters. The Balaban J connectivity index is 2.60. The van der Waals surface area contributed by atoms with Crippen molar-refractivity contribution in [2.45, 2.75) is 6.42 Å². The van der Waals surface area contributed by atoms with Gasteiger partial charge in [-0.05, 0) is 0 Å². The van der Waals surface area contributed by atoms with Gasteiger partial charge in [0.15, 0.2) is 5.78 Å². The van der Waals surface area contributed by atoms with Gasteiger partial charge in [-0.2, -0.15) is 0 Å². The molecule has 1 aliphatic heterocycles. The molecular formula is C7H8N4O. The van der Waals surface area contributed by atoms with Crippen molar-refractivity contribution in [1.29, 1.82) is 0 Å². The van der Waals surface area contributed by atoms with Crippen molar-refractivity contribution in [3.63, 3.8) is 0 Å². The summed E-state index contributed by atoms with van der Waals surface area (Å²) in [7, 11) is 0. The van der Waals surface area contributed by atoms with Crippen molar-refractivity contribution in [2.75, 3.05) is 17.6 Å². The van der Waals surface area contributed by atoms with Gasteiger partial charge in [0.05, 0.1) is 0 Å². The van der Waals surface area contributed by atoms with Crippen LogP contribution >= 0.6 is 0 Å². The number of rotatable bonds is 0. The monoisotopic (exact) mass is 164 g/mol. The Hall–Kier alpha value is -1.65. The van der Waals surface area contributed by atoms with Gasteiger partial charge < -0.3 is 11.1 Å². The van der Waals surface area contributed by atoms with Gasteiger partial charge >= 0.3 is 0 Å². The second-order valence-electron chi connectivity index (χ2n) is 2.58. The molecule has 0 radical (unpaired) electrons. The first kappa shape index (κ1) is 7.02. The number of Topliss-reactive ketones (excluding diaryl/α,β-unsaturated/α-hetero) is 1. The number of fused-ring (bicyclic) bond motifs is 1. The molecular weight excluding hydrogens is 156 g/mol. The molecule has 3 N–H and O–H groups in total. The molecule has 0 aromatic carbocycles. The average molecular weight is 164 g/mol. The Labute approximate surface area is 69.0 Å². The predicted octanol–water partition coefficient (Wildman–Crippen LogP) is 0.0571. The lowest BCUT2D eigenvalue weighted by Gasteiger charge is -2.15. The minimum atomic E-state index is 0.0156. The van der Waals surface area contributed by atoms with Crippen molar-refractivity contribution < 1.29 is 4.79 Å². The van der Waals surface area contributed by atoms with E-state index in [1.807, 2.05) is 0 Å². The summed E-state index contributed by atoms with van der Waals surface area (Å²) in [5, 5.41) is 2.98. The van der Waals surface area contributed by atoms with Gasteiger partial charge in [0, 0.05) is 13.0 Å². The molecule has 0 unspecified atom stereocenters. The molecule has 0 amide bonds. The third-order valence-electron chi connectivity index (χ3n) is 1.80. The van der Waals surface area contributed by atoms with Gasteiger partial charge in [-0.25, -0.2) is 9.97 Å². The molecule has 0 bridgehead atoms. The third-order valence-corrected chi connectivity index (χ3v) is 1.80. The summed E-state index contributed by atoms with van der Waals surface area (Å²) in [6, 6.07) is 0. The van der Waals surface area contributed by atoms with Gasteiger partial charge in [0.1, 0.15) is 23.5 Å². The van der Waals surface area contributed by atoms with Crippen molar-refractivity contribution in [3.05, 3.63) is 11.9 Å². The molecule has 1 aliphatic rings. The summed E-state index contributed by atoms with van der Waals surface area (Å²) < 4.78 is 0. The molecule has 62 valence electrons. The Kier molecular flexibility index (Phi) is 1.43. The van der Waals surface area contributed by atoms with Crippen LogP contribution in [0.25, 0.3) is 0 Å². The first-order valence-electron chi connectivity index (χ1n) is 3.66. The van der Waals surface area contributed by atoms with Crippen molar-refractivity contribution >= 4 is 17.4 Å². The highest BCUT2D eigenvalue weighted by molar-refractivity contribution is 6.05. The van der Waals surface area contributed by atoms with Crippen LogP contribution in [0.4, 0.5) is 11.6 Å². The quantitative estimate of drug-likeness (QED) is 0.566. The Bertz CT molecular complexity index is 336. The third kappa shape index (κ3) is 0.903. The van der Waals surface area contributed by atoms with E-state index in [2.05, 4.69) is 15.3 Å². The molecule has 5 nitrogen and oxygen atoms in total. The lowest BCUT2D eigenvalue weighted by molar-refractivity contribution is 0.0984. The van der Waals surface area contributed by atoms with Crippen molar-refractivity contribution in [3.8, 4) is 0 Å². The number of carbonyl (C=O) groups excluding carboxylic acids is 1. The summed E-state index contributed by atoms with van der Waals surface area (Å²) in [5.74, 6) is 0.831. The number of carbonyl (C=O) groups is 1. The van der Waals surface area contributed by atoms with E-state index >= 15 is 0 Å². The van der Waals surface area contributed by atoms with E-state index in [1.54, 1.807) is 0 Å². The second-order valence-corrected chi connectivity index (χ2v) is 2.58. The fourth-order valence-corrected chi connectivity index (χ4v) is 1.23. The molecule has 2 heterocycles. The largest absolute Gasteiger partial charge is 0.383 e. The Morgan fingerprint density at radius 2 is 2.33 bits per heavy atom. The fourth-order valence-electron chi connectivity index (χ4n) is 1.23. The van der Waals surface area contributed by atoms with E-state index in [1.165, 1.54) is 6.33 Å². The maximum atomic E-state index is 11.3. The van der Waals surface area contributed by atoms with Crippen molar-refractivity contribution in [2.24, 2.45) is 0 Å². The Morgan fingerprint density at radius 1 is 1.50 bits per heavy atom. The number of nitrogens with one attached hydrogen (secondary N) is 1. The molecule has 12 heavy (non-hydrogen) atoms. The molecule has 1 aromatic rings. The number of anilines is 2. The first-order valence-corrected chi connectivity index (χ1v) is 3.66. The smallest absolute Gasteiger partial charge is 0.172 e. The summed E-state index contributed by atoms with van der Waals surface area (Å²) in [6.07, 6.45) is 1.81. The van der Waals surface area contributed by atoms with Crippen LogP contribution in [0.2, 0.25) is 0 Å². The molecule has 0 saturated heterocycles. The van der Waals surface area contributed by atoms with Crippen LogP contribution in [0, 0.1) is 0 Å². The molecule has 0 aliphatic carbocycles. The van der Waals surface area contributed by atoms with Crippen LogP contribution in [0.1, 0.15) is 16.8 Å². The molecule has 0 spiro atoms. The molecule has 2 rings (SSSR count). The lowest BCUT2D eigenvalue weighted by atomic mass is 10.1. The van der Waals surface area contributed by atoms with E-state index in [9.17, 15) is 4.79 Å². The van der Waals surface area contributed by atoms with Crippen molar-refractivity contribution in [1.82, 2.24) is 9.97 Å². The summed E-state index contributed by atoms with van der Waals surface area (Å²) in [5.41, 5.74) is 5.95. The number of hydrogen-bond acceptors (Lipinski definition) is 5. The van der Waals surface area contributed by atoms with E-state index in [0.29, 0.717) is 24.3 Å². The topological polar surface area (TPSA) is 80.9 Å². The minimum absolute atomic E-state index is 0.0156. The summed E-state index contributed by atoms with van der Waals surface area (Å²) >= 11 is 0. The summed E-state index contributed by atoms with van der Waals surface area (Å²) in [4.78, 5) is 19.0. The average Bonchev–Trinajstić information content (AvgIpc) is 2.04. The summed E-state index contributed by atoms with van der Waals surface area (Å²) in [6.45, 7) is 0.627. The number of nitrogens with zero attached hydrogens (tertiary/aromatic N) is 2. The van der Waals surface area contributed by atoms with Gasteiger partial charge in [0.2, 0.25) is 0 Å². The number of ketones is 1. The maximum Gasteiger partial charge on any atom is 0.172 e. The van der Waals surface area contributed by atoms with Crippen LogP contribution in [-0.2, 0) is 0 Å². The fraction of sp³-hybridized carbons (Fsp3) is 0.286. The van der Waals surface area contributed by atoms with E-state index < -0.39 is 0 Å². The van der Waals surface area contributed by atoms with Crippen LogP contribution < -0.4 is 11.1 Å². The second kappa shape index (κ2) is 2.44. The zero-order chi connectivity index (χ0) is 8.55. The standard InChI is InChI=1S/C7H8N4O/c8-6-5-4(12)1-2-9-7(5)11-3-10-6/h3H,1-2H2,(H3,8,9,10,11). The van der Waals surface area contributed by atoms with Crippen LogP contribution in [0.3, 0.4) is 0 Å². The molecule has 1 aromatic heterocycles. The van der Waals surface area contributed by atoms with E-state index in [0.717, 1.165) is 0 Å². The highest BCUT2D eigenvalue weighted by Gasteiger charge is 2.20. The highest BCUT2D eigenvalue weighted by atomic mass is 16.1. The predicted molar refractivity (Wildman–Crippen MR) is 43.9 cm³/mol. The maximum absolute atomic E-state index is 11.3. The number of hydrogen-bond donors (Lipinski definition) is 2. The minimum Gasteiger partial charge on any atom is -0.383 e. The van der Waals surface area contributed by atoms with Gasteiger partial charge in [-0.3, -0.25) is 4.79 Å². The Morgan fingerprint density at radius 3 is 3.08 bits per heavy atom. The molecule has 5 heteroatoms. The van der Waals surface area contributed by atoms with Gasteiger partial charge in [-0.1, -0.05) is 0 Å². The zero-order valence-electron chi connectivity index (χ0n) is 6.37. The lowest BCUT2D eigenvalue weighted by Crippen LogP contribution is -2.21. The van der Waals surface area contributed by atoms with Gasteiger partial charge in [-0.15, -0.1) is 0 Å². The number of nitrogens with two attached hydrogens (primary N) is 1. The van der Waals surface area contributed by atoms with E-state index in [-0.39, 0.29) is 11.6 Å². The van der Waals surface area contributed by atoms with Crippen LogP contribution in [0.5, 0.6) is 0 Å². The normalized spacial score (nSPS) is 15.2. The van der Waals surface area contributed by atoms with Crippen LogP contribution in [0.15, 0.2) is 6.33 Å². The molecule has 0 saturated carbocycles.